The monoisotopic (exact) mass is 524 g/mol. The van der Waals surface area contributed by atoms with Crippen LogP contribution in [0.15, 0.2) is 0 Å². The number of alkyl halides is 3. The van der Waals surface area contributed by atoms with Crippen molar-refractivity contribution < 1.29 is 4.39 Å². The molecule has 21 heavy (non-hydrogen) atoms. The van der Waals surface area contributed by atoms with E-state index in [1.807, 2.05) is 0 Å². The maximum atomic E-state index is 13.9. The fraction of sp³-hybridized carbons (Fsp3) is 1.00. The molecule has 0 aromatic heterocycles. The summed E-state index contributed by atoms with van der Waals surface area (Å²) in [7, 11) is 0. The van der Waals surface area contributed by atoms with Crippen LogP contribution in [0.3, 0.4) is 0 Å². The standard InChI is InChI=1S/C18H35FI2/c1-3-5-7-9-12-16(20)13-10-11-15-18(21)17(19)14-8-6-4-2/h16-18H,3-15H2,1-2H3. The van der Waals surface area contributed by atoms with Gasteiger partial charge in [-0.05, 0) is 25.7 Å². The first-order valence-corrected chi connectivity index (χ1v) is 11.5. The predicted molar refractivity (Wildman–Crippen MR) is 112 cm³/mol. The lowest BCUT2D eigenvalue weighted by Crippen LogP contribution is -2.15. The Morgan fingerprint density at radius 3 is 1.76 bits per heavy atom. The second kappa shape index (κ2) is 16.3. The van der Waals surface area contributed by atoms with Gasteiger partial charge in [-0.15, -0.1) is 0 Å². The summed E-state index contributed by atoms with van der Waals surface area (Å²) in [5.41, 5.74) is 0. The van der Waals surface area contributed by atoms with Crippen molar-refractivity contribution in [2.75, 3.05) is 0 Å². The van der Waals surface area contributed by atoms with Crippen LogP contribution in [0.1, 0.15) is 97.3 Å². The van der Waals surface area contributed by atoms with Gasteiger partial charge in [-0.1, -0.05) is 117 Å². The van der Waals surface area contributed by atoms with E-state index in [-0.39, 0.29) is 3.92 Å². The molecule has 0 aromatic rings. The second-order valence-corrected chi connectivity index (χ2v) is 9.62. The third-order valence-electron chi connectivity index (χ3n) is 4.09. The van der Waals surface area contributed by atoms with Gasteiger partial charge in [0.05, 0.1) is 0 Å². The van der Waals surface area contributed by atoms with Crippen LogP contribution in [0, 0.1) is 0 Å². The molecule has 0 saturated carbocycles. The zero-order valence-corrected chi connectivity index (χ0v) is 18.4. The van der Waals surface area contributed by atoms with E-state index >= 15 is 0 Å². The Balaban J connectivity index is 3.47. The van der Waals surface area contributed by atoms with E-state index in [1.54, 1.807) is 0 Å². The summed E-state index contributed by atoms with van der Waals surface area (Å²) >= 11 is 4.94. The Morgan fingerprint density at radius 2 is 1.14 bits per heavy atom. The molecule has 0 nitrogen and oxygen atoms in total. The smallest absolute Gasteiger partial charge is 0.112 e. The maximum Gasteiger partial charge on any atom is 0.112 e. The molecule has 0 aromatic carbocycles. The SMILES string of the molecule is CCCCCCC(I)CCCCC(I)C(F)CCCCC. The lowest BCUT2D eigenvalue weighted by molar-refractivity contribution is 0.295. The molecule has 0 bridgehead atoms. The van der Waals surface area contributed by atoms with Crippen LogP contribution in [0.5, 0.6) is 0 Å². The number of halogens is 3. The summed E-state index contributed by atoms with van der Waals surface area (Å²) in [6.45, 7) is 4.44. The van der Waals surface area contributed by atoms with Crippen molar-refractivity contribution in [3.8, 4) is 0 Å². The van der Waals surface area contributed by atoms with E-state index in [0.29, 0.717) is 0 Å². The van der Waals surface area contributed by atoms with Gasteiger partial charge in [0.2, 0.25) is 0 Å². The normalized spacial score (nSPS) is 15.9. The van der Waals surface area contributed by atoms with Gasteiger partial charge in [0.1, 0.15) is 6.17 Å². The molecular formula is C18H35FI2. The molecule has 3 atom stereocenters. The van der Waals surface area contributed by atoms with Crippen LogP contribution in [0.4, 0.5) is 4.39 Å². The summed E-state index contributed by atoms with van der Waals surface area (Å²) in [4.78, 5) is 0. The fourth-order valence-electron chi connectivity index (χ4n) is 2.59. The van der Waals surface area contributed by atoms with Crippen molar-refractivity contribution >= 4 is 45.2 Å². The van der Waals surface area contributed by atoms with Crippen molar-refractivity contribution in [1.82, 2.24) is 0 Å². The summed E-state index contributed by atoms with van der Waals surface area (Å²) in [5, 5.41) is 0. The molecule has 0 fully saturated rings. The van der Waals surface area contributed by atoms with E-state index in [1.165, 1.54) is 64.2 Å². The highest BCUT2D eigenvalue weighted by atomic mass is 127. The second-order valence-electron chi connectivity index (χ2n) is 6.26. The molecule has 0 heterocycles. The first-order chi connectivity index (χ1) is 10.1. The lowest BCUT2D eigenvalue weighted by Gasteiger charge is -2.15. The van der Waals surface area contributed by atoms with E-state index in [2.05, 4.69) is 59.0 Å². The molecule has 0 rings (SSSR count). The highest BCUT2D eigenvalue weighted by Crippen LogP contribution is 2.24. The van der Waals surface area contributed by atoms with Crippen molar-refractivity contribution in [1.29, 1.82) is 0 Å². The van der Waals surface area contributed by atoms with Crippen molar-refractivity contribution in [2.45, 2.75) is 111 Å². The van der Waals surface area contributed by atoms with Gasteiger partial charge in [-0.25, -0.2) is 4.39 Å². The molecule has 0 N–H and O–H groups in total. The third kappa shape index (κ3) is 14.7. The molecule has 3 unspecified atom stereocenters. The Morgan fingerprint density at radius 1 is 0.667 bits per heavy atom. The maximum absolute atomic E-state index is 13.9. The van der Waals surface area contributed by atoms with Crippen LogP contribution in [0.2, 0.25) is 0 Å². The quantitative estimate of drug-likeness (QED) is 0.116. The summed E-state index contributed by atoms with van der Waals surface area (Å²) < 4.78 is 15.0. The molecule has 0 aliphatic heterocycles. The molecule has 128 valence electrons. The Kier molecular flexibility index (Phi) is 17.3. The van der Waals surface area contributed by atoms with Crippen LogP contribution in [0.25, 0.3) is 0 Å². The predicted octanol–water partition coefficient (Wildman–Crippen LogP) is 8.04. The highest BCUT2D eigenvalue weighted by molar-refractivity contribution is 14.1. The van der Waals surface area contributed by atoms with Crippen molar-refractivity contribution in [2.24, 2.45) is 0 Å². The summed E-state index contributed by atoms with van der Waals surface area (Å²) in [6.07, 6.45) is 15.4. The van der Waals surface area contributed by atoms with Gasteiger partial charge in [-0.2, -0.15) is 0 Å². The van der Waals surface area contributed by atoms with Gasteiger partial charge in [0.15, 0.2) is 0 Å². The number of rotatable bonds is 15. The van der Waals surface area contributed by atoms with Crippen LogP contribution >= 0.6 is 45.2 Å². The highest BCUT2D eigenvalue weighted by Gasteiger charge is 2.17. The Hall–Kier alpha value is 1.39. The van der Waals surface area contributed by atoms with Gasteiger partial charge >= 0.3 is 0 Å². The van der Waals surface area contributed by atoms with Crippen molar-refractivity contribution in [3.63, 3.8) is 0 Å². The minimum Gasteiger partial charge on any atom is -0.246 e. The van der Waals surface area contributed by atoms with Crippen molar-refractivity contribution in [3.05, 3.63) is 0 Å². The first-order valence-electron chi connectivity index (χ1n) is 9.04. The molecular weight excluding hydrogens is 489 g/mol. The van der Waals surface area contributed by atoms with Crippen LogP contribution in [-0.4, -0.2) is 14.0 Å². The van der Waals surface area contributed by atoms with Crippen LogP contribution < -0.4 is 0 Å². The average molecular weight is 524 g/mol. The lowest BCUT2D eigenvalue weighted by atomic mass is 10.0. The van der Waals surface area contributed by atoms with E-state index in [0.717, 1.165) is 23.2 Å². The number of hydrogen-bond acceptors (Lipinski definition) is 0. The molecule has 0 aliphatic rings. The average Bonchev–Trinajstić information content (AvgIpc) is 2.48. The van der Waals surface area contributed by atoms with Gasteiger partial charge < -0.3 is 0 Å². The number of hydrogen-bond donors (Lipinski definition) is 0. The third-order valence-corrected chi connectivity index (χ3v) is 6.74. The fourth-order valence-corrected chi connectivity index (χ4v) is 4.27. The van der Waals surface area contributed by atoms with Crippen LogP contribution in [-0.2, 0) is 0 Å². The van der Waals surface area contributed by atoms with Gasteiger partial charge in [0, 0.05) is 7.85 Å². The molecule has 3 heteroatoms. The number of unbranched alkanes of at least 4 members (excludes halogenated alkanes) is 6. The zero-order chi connectivity index (χ0) is 15.9. The Bertz CT molecular complexity index is 211. The largest absolute Gasteiger partial charge is 0.246 e. The Labute approximate surface area is 160 Å². The molecule has 0 amide bonds. The summed E-state index contributed by atoms with van der Waals surface area (Å²) in [6, 6.07) is 0. The molecule has 0 spiro atoms. The van der Waals surface area contributed by atoms with E-state index < -0.39 is 6.17 Å². The topological polar surface area (TPSA) is 0 Å². The minimum absolute atomic E-state index is 0.233. The molecule has 0 radical (unpaired) electrons. The summed E-state index contributed by atoms with van der Waals surface area (Å²) in [5.74, 6) is 0. The molecule has 0 saturated heterocycles. The first kappa shape index (κ1) is 22.4. The minimum atomic E-state index is -0.582. The van der Waals surface area contributed by atoms with E-state index in [9.17, 15) is 4.39 Å². The van der Waals surface area contributed by atoms with E-state index in [4.69, 9.17) is 0 Å². The molecule has 0 aliphatic carbocycles. The van der Waals surface area contributed by atoms with Gasteiger partial charge in [0.25, 0.3) is 0 Å². The van der Waals surface area contributed by atoms with Gasteiger partial charge in [-0.3, -0.25) is 0 Å². The zero-order valence-electron chi connectivity index (χ0n) is 14.1.